The maximum absolute atomic E-state index is 13.0. The molecule has 1 heterocycles. The highest BCUT2D eigenvalue weighted by Gasteiger charge is 2.07. The maximum Gasteiger partial charge on any atom is 0.272 e. The Labute approximate surface area is 163 Å². The number of benzene rings is 2. The van der Waals surface area contributed by atoms with Crippen LogP contribution in [0.2, 0.25) is 0 Å². The second-order valence-corrected chi connectivity index (χ2v) is 6.50. The largest absolute Gasteiger partial charge is 0.488 e. The highest BCUT2D eigenvalue weighted by molar-refractivity contribution is 7.14. The number of amides is 1. The number of anilines is 1. The van der Waals surface area contributed by atoms with E-state index in [2.05, 4.69) is 10.3 Å². The van der Waals surface area contributed by atoms with Crippen LogP contribution >= 0.6 is 11.3 Å². The van der Waals surface area contributed by atoms with Crippen LogP contribution in [0.5, 0.6) is 5.75 Å². The van der Waals surface area contributed by atoms with Crippen LogP contribution in [0.25, 0.3) is 17.3 Å². The van der Waals surface area contributed by atoms with Crippen LogP contribution in [0, 0.1) is 5.82 Å². The molecule has 8 heteroatoms. The van der Waals surface area contributed by atoms with Crippen molar-refractivity contribution in [3.63, 3.8) is 0 Å². The topological polar surface area (TPSA) is 51.2 Å². The lowest BCUT2D eigenvalue weighted by molar-refractivity contribution is -0.111. The Morgan fingerprint density at radius 2 is 1.86 bits per heavy atom. The van der Waals surface area contributed by atoms with E-state index in [4.69, 9.17) is 4.74 Å². The number of hydrogen-bond acceptors (Lipinski definition) is 4. The fourth-order valence-electron chi connectivity index (χ4n) is 2.24. The zero-order valence-corrected chi connectivity index (χ0v) is 15.3. The summed E-state index contributed by atoms with van der Waals surface area (Å²) in [7, 11) is 0. The molecule has 0 aliphatic carbocycles. The lowest BCUT2D eigenvalue weighted by Crippen LogP contribution is -2.07. The van der Waals surface area contributed by atoms with E-state index in [0.29, 0.717) is 22.1 Å². The molecule has 1 aromatic heterocycles. The molecule has 0 atom stereocenters. The standard InChI is InChI=1S/C20H15F3N2O2S/c21-15-6-4-14(5-7-15)17-12-28-20(24-17)25-19(26)10-3-13-1-8-16(9-2-13)27-11-18(22)23/h1-10,12,18H,11H2,(H,24,25,26)/b10-3-. The minimum Gasteiger partial charge on any atom is -0.488 e. The molecule has 144 valence electrons. The van der Waals surface area contributed by atoms with Crippen molar-refractivity contribution >= 4 is 28.5 Å². The van der Waals surface area contributed by atoms with Gasteiger partial charge in [0.2, 0.25) is 5.91 Å². The predicted molar refractivity (Wildman–Crippen MR) is 103 cm³/mol. The van der Waals surface area contributed by atoms with Crippen LogP contribution in [0.15, 0.2) is 60.0 Å². The smallest absolute Gasteiger partial charge is 0.272 e. The van der Waals surface area contributed by atoms with Gasteiger partial charge in [-0.1, -0.05) is 12.1 Å². The molecule has 0 radical (unpaired) electrons. The first-order valence-corrected chi connectivity index (χ1v) is 9.09. The van der Waals surface area contributed by atoms with Crippen molar-refractivity contribution < 1.29 is 22.7 Å². The summed E-state index contributed by atoms with van der Waals surface area (Å²) in [6.07, 6.45) is 0.395. The van der Waals surface area contributed by atoms with Crippen molar-refractivity contribution in [3.05, 3.63) is 71.4 Å². The zero-order valence-electron chi connectivity index (χ0n) is 14.4. The number of carbonyl (C=O) groups is 1. The van der Waals surface area contributed by atoms with Crippen molar-refractivity contribution in [3.8, 4) is 17.0 Å². The maximum atomic E-state index is 13.0. The number of carbonyl (C=O) groups excluding carboxylic acids is 1. The number of nitrogens with one attached hydrogen (secondary N) is 1. The Morgan fingerprint density at radius 1 is 1.14 bits per heavy atom. The molecule has 4 nitrogen and oxygen atoms in total. The first-order valence-electron chi connectivity index (χ1n) is 8.21. The molecule has 2 aromatic carbocycles. The summed E-state index contributed by atoms with van der Waals surface area (Å²) in [5, 5.41) is 4.85. The molecule has 1 amide bonds. The van der Waals surface area contributed by atoms with Crippen molar-refractivity contribution in [1.82, 2.24) is 4.98 Å². The summed E-state index contributed by atoms with van der Waals surface area (Å²) in [6.45, 7) is -0.661. The van der Waals surface area contributed by atoms with E-state index in [1.165, 1.54) is 29.5 Å². The van der Waals surface area contributed by atoms with E-state index < -0.39 is 13.0 Å². The minimum absolute atomic E-state index is 0.328. The molecule has 28 heavy (non-hydrogen) atoms. The highest BCUT2D eigenvalue weighted by Crippen LogP contribution is 2.25. The molecule has 3 aromatic rings. The molecule has 1 N–H and O–H groups in total. The zero-order chi connectivity index (χ0) is 19.9. The van der Waals surface area contributed by atoms with Crippen LogP contribution in [0.1, 0.15) is 5.56 Å². The summed E-state index contributed by atoms with van der Waals surface area (Å²) >= 11 is 1.26. The Hall–Kier alpha value is -3.13. The first kappa shape index (κ1) is 19.6. The molecule has 0 unspecified atom stereocenters. The highest BCUT2D eigenvalue weighted by atomic mass is 32.1. The minimum atomic E-state index is -2.53. The lowest BCUT2D eigenvalue weighted by Gasteiger charge is -2.05. The average molecular weight is 404 g/mol. The number of nitrogens with zero attached hydrogens (tertiary/aromatic N) is 1. The molecule has 0 saturated carbocycles. The lowest BCUT2D eigenvalue weighted by atomic mass is 10.2. The second kappa shape index (κ2) is 9.18. The van der Waals surface area contributed by atoms with Gasteiger partial charge < -0.3 is 4.74 Å². The molecular formula is C20H15F3N2O2S. The summed E-state index contributed by atoms with van der Waals surface area (Å²) < 4.78 is 42.1. The van der Waals surface area contributed by atoms with Gasteiger partial charge in [0.05, 0.1) is 5.69 Å². The van der Waals surface area contributed by atoms with Crippen LogP contribution < -0.4 is 10.1 Å². The quantitative estimate of drug-likeness (QED) is 0.548. The third-order valence-corrected chi connectivity index (χ3v) is 4.32. The van der Waals surface area contributed by atoms with Gasteiger partial charge in [0.15, 0.2) is 5.13 Å². The summed E-state index contributed by atoms with van der Waals surface area (Å²) in [6, 6.07) is 12.3. The Kier molecular flexibility index (Phi) is 6.44. The van der Waals surface area contributed by atoms with Crippen LogP contribution in [0.3, 0.4) is 0 Å². The van der Waals surface area contributed by atoms with Gasteiger partial charge in [-0.05, 0) is 48.0 Å². The van der Waals surface area contributed by atoms with E-state index in [1.807, 2.05) is 0 Å². The molecule has 0 fully saturated rings. The summed E-state index contributed by atoms with van der Waals surface area (Å²) in [4.78, 5) is 16.3. The third-order valence-electron chi connectivity index (χ3n) is 3.56. The molecule has 0 saturated heterocycles. The summed E-state index contributed by atoms with van der Waals surface area (Å²) in [5.41, 5.74) is 2.11. The number of hydrogen-bond donors (Lipinski definition) is 1. The molecule has 0 aliphatic rings. The normalized spacial score (nSPS) is 11.1. The second-order valence-electron chi connectivity index (χ2n) is 5.64. The monoisotopic (exact) mass is 404 g/mol. The Morgan fingerprint density at radius 3 is 2.54 bits per heavy atom. The van der Waals surface area contributed by atoms with Crippen molar-refractivity contribution in [2.24, 2.45) is 0 Å². The number of thiazole rings is 1. The van der Waals surface area contributed by atoms with Gasteiger partial charge in [0.1, 0.15) is 18.2 Å². The van der Waals surface area contributed by atoms with Crippen LogP contribution in [-0.4, -0.2) is 23.9 Å². The van der Waals surface area contributed by atoms with Gasteiger partial charge in [0, 0.05) is 17.0 Å². The van der Waals surface area contributed by atoms with E-state index in [1.54, 1.807) is 47.9 Å². The van der Waals surface area contributed by atoms with Gasteiger partial charge in [-0.15, -0.1) is 11.3 Å². The Balaban J connectivity index is 1.56. The van der Waals surface area contributed by atoms with Crippen LogP contribution in [0.4, 0.5) is 18.3 Å². The van der Waals surface area contributed by atoms with Crippen LogP contribution in [-0.2, 0) is 4.79 Å². The van der Waals surface area contributed by atoms with E-state index >= 15 is 0 Å². The molecular weight excluding hydrogens is 389 g/mol. The van der Waals surface area contributed by atoms with Crippen molar-refractivity contribution in [2.45, 2.75) is 6.43 Å². The summed E-state index contributed by atoms with van der Waals surface area (Å²) in [5.74, 6) is -0.359. The molecule has 0 spiro atoms. The SMILES string of the molecule is O=C(/C=C\c1ccc(OCC(F)F)cc1)Nc1nc(-c2ccc(F)cc2)cs1. The van der Waals surface area contributed by atoms with Crippen molar-refractivity contribution in [2.75, 3.05) is 11.9 Å². The molecule has 0 bridgehead atoms. The van der Waals surface area contributed by atoms with Gasteiger partial charge in [-0.2, -0.15) is 0 Å². The van der Waals surface area contributed by atoms with Gasteiger partial charge >= 0.3 is 0 Å². The fraction of sp³-hybridized carbons (Fsp3) is 0.100. The average Bonchev–Trinajstić information content (AvgIpc) is 3.14. The molecule has 3 rings (SSSR count). The number of aromatic nitrogens is 1. The van der Waals surface area contributed by atoms with E-state index in [-0.39, 0.29) is 11.7 Å². The van der Waals surface area contributed by atoms with E-state index in [0.717, 1.165) is 5.56 Å². The number of alkyl halides is 2. The number of halogens is 3. The van der Waals surface area contributed by atoms with Crippen molar-refractivity contribution in [1.29, 1.82) is 0 Å². The van der Waals surface area contributed by atoms with Gasteiger partial charge in [0.25, 0.3) is 6.43 Å². The predicted octanol–water partition coefficient (Wildman–Crippen LogP) is 5.25. The van der Waals surface area contributed by atoms with E-state index in [9.17, 15) is 18.0 Å². The molecule has 0 aliphatic heterocycles. The van der Waals surface area contributed by atoms with Gasteiger partial charge in [-0.25, -0.2) is 18.2 Å². The first-order chi connectivity index (χ1) is 13.5. The van der Waals surface area contributed by atoms with Gasteiger partial charge in [-0.3, -0.25) is 10.1 Å². The Bertz CT molecular complexity index is 954. The number of ether oxygens (including phenoxy) is 1. The number of rotatable bonds is 7. The fourth-order valence-corrected chi connectivity index (χ4v) is 2.96. The third kappa shape index (κ3) is 5.68.